The normalized spacial score (nSPS) is 17.4. The van der Waals surface area contributed by atoms with Crippen molar-refractivity contribution in [2.75, 3.05) is 26.2 Å². The fourth-order valence-electron chi connectivity index (χ4n) is 14.2. The van der Waals surface area contributed by atoms with Gasteiger partial charge in [-0.3, -0.25) is 19.1 Å². The van der Waals surface area contributed by atoms with Gasteiger partial charge in [0.1, 0.15) is 22.5 Å². The van der Waals surface area contributed by atoms with Gasteiger partial charge in [-0.1, -0.05) is 175 Å². The molecule has 0 unspecified atom stereocenters. The summed E-state index contributed by atoms with van der Waals surface area (Å²) in [6, 6.07) is 45.3. The first-order valence-electron chi connectivity index (χ1n) is 41.9. The SMILES string of the molecule is BrCc1ccccc1.C.C.CC(C)(C)OC(=O)N1CCC(c2cc3c(-c4cnn(Cc5ccccc5)c4)c(Cl)cnc3[nH]2)CC1.CC(C)(C)OC(=O)N1CCC(c2cc3c(Br)c(Cl)cnc3[nH]2)CC1.CC1(C)OB(c2cn[nH]c2)OC1(C)C.CC1(C)OB(c2cnn(Cc3ccccc3)c2)OC1(C)C.CC1(C)OB(c2cnn(Cc3ccccc3)c2)OC1(C)C. The minimum atomic E-state index is -0.485. The van der Waals surface area contributed by atoms with Crippen LogP contribution in [-0.2, 0) is 62.4 Å². The van der Waals surface area contributed by atoms with Crippen LogP contribution >= 0.6 is 55.1 Å². The van der Waals surface area contributed by atoms with Gasteiger partial charge < -0.3 is 57.2 Å². The molecule has 666 valence electrons. The Labute approximate surface area is 765 Å². The molecule has 5 saturated heterocycles. The number of aromatic amines is 3. The number of carbonyl (C=O) groups excluding carboxylic acids is 2. The number of H-pyrrole nitrogens is 3. The van der Waals surface area contributed by atoms with E-state index < -0.39 is 11.2 Å². The number of alkyl halides is 1. The summed E-state index contributed by atoms with van der Waals surface area (Å²) in [6.07, 6.45) is 21.4. The molecule has 0 atom stereocenters. The van der Waals surface area contributed by atoms with E-state index in [-0.39, 0.29) is 82.0 Å². The smallest absolute Gasteiger partial charge is 0.444 e. The predicted molar refractivity (Wildman–Crippen MR) is 510 cm³/mol. The number of nitrogens with one attached hydrogen (secondary N) is 3. The molecular formula is C94H123B3Br2Cl2N14O10. The van der Waals surface area contributed by atoms with Gasteiger partial charge in [0.05, 0.1) is 69.5 Å². The third-order valence-electron chi connectivity index (χ3n) is 23.3. The maximum Gasteiger partial charge on any atom is 0.498 e. The molecule has 24 nitrogen and oxygen atoms in total. The lowest BCUT2D eigenvalue weighted by Crippen LogP contribution is -2.41. The molecule has 5 aliphatic rings. The van der Waals surface area contributed by atoms with Crippen LogP contribution in [-0.4, -0.2) is 174 Å². The van der Waals surface area contributed by atoms with Crippen LogP contribution < -0.4 is 16.4 Å². The van der Waals surface area contributed by atoms with Crippen molar-refractivity contribution in [2.24, 2.45) is 0 Å². The van der Waals surface area contributed by atoms with Crippen molar-refractivity contribution >= 4 is 127 Å². The standard InChI is InChI=1S/C27H30ClN5O2.C17H21BrClN3O2.2C16H21BN2O2.C9H15BN2O2.C7H7Br.2CH4/c1-27(2,3)35-26(34)32-11-9-19(10-12-32)23-13-21-24(22(28)15-29-25(21)31-23)20-14-30-33(17-20)16-18-7-5-4-6-8-18;1-17(2,3)24-16(23)22-6-4-10(5-7-22)13-8-11-14(18)12(19)9-20-15(11)21-13;2*1-15(2)16(3,4)21-17(20-15)14-10-18-19(12-14)11-13-8-6-5-7-9-13;1-8(2)9(3,4)14-10(13-8)7-5-11-12-6-7;8-6-7-4-2-1-3-5-7;;/h4-8,13-15,17,19H,9-12,16H2,1-3H3,(H,29,31);8-10H,4-7H2,1-3H3,(H,20,21);2*5-10,12H,11H2,1-4H3;5-6H,1-4H3,(H,11,12);1-5H,6H2;2*1H4. The fourth-order valence-corrected chi connectivity index (χ4v) is 15.4. The van der Waals surface area contributed by atoms with Gasteiger partial charge in [0.2, 0.25) is 0 Å². The molecule has 0 aliphatic carbocycles. The second kappa shape index (κ2) is 41.5. The number of amides is 2. The minimum Gasteiger partial charge on any atom is -0.444 e. The number of halogens is 4. The highest BCUT2D eigenvalue weighted by Crippen LogP contribution is 2.42. The molecule has 0 spiro atoms. The number of piperidine rings is 2. The Kier molecular flexibility index (Phi) is 32.6. The Hall–Kier alpha value is -8.87. The maximum absolute atomic E-state index is 12.4. The van der Waals surface area contributed by atoms with Gasteiger partial charge in [-0.25, -0.2) is 19.6 Å². The lowest BCUT2D eigenvalue weighted by molar-refractivity contribution is 0.00578. The summed E-state index contributed by atoms with van der Waals surface area (Å²) < 4.78 is 53.4. The number of benzene rings is 4. The zero-order chi connectivity index (χ0) is 88.5. The third kappa shape index (κ3) is 25.6. The van der Waals surface area contributed by atoms with Crippen molar-refractivity contribution in [3.63, 3.8) is 0 Å². The van der Waals surface area contributed by atoms with Crippen LogP contribution in [0.3, 0.4) is 0 Å². The molecule has 8 aromatic heterocycles. The lowest BCUT2D eigenvalue weighted by atomic mass is 9.82. The summed E-state index contributed by atoms with van der Waals surface area (Å²) in [5, 5.41) is 24.1. The number of likely N-dealkylation sites (tertiary alicyclic amines) is 2. The average molecular weight is 1870 g/mol. The number of pyridine rings is 2. The summed E-state index contributed by atoms with van der Waals surface area (Å²) >= 11 is 19.6. The number of hydrogen-bond acceptors (Lipinski definition) is 16. The summed E-state index contributed by atoms with van der Waals surface area (Å²) in [6.45, 7) is 40.9. The van der Waals surface area contributed by atoms with E-state index in [1.165, 1.54) is 22.3 Å². The van der Waals surface area contributed by atoms with Crippen LogP contribution in [0.15, 0.2) is 200 Å². The van der Waals surface area contributed by atoms with E-state index in [9.17, 15) is 9.59 Å². The number of hydrogen-bond donors (Lipinski definition) is 3. The number of ether oxygens (including phenoxy) is 2. The molecule has 125 heavy (non-hydrogen) atoms. The lowest BCUT2D eigenvalue weighted by Gasteiger charge is -2.33. The molecule has 2 amide bonds. The van der Waals surface area contributed by atoms with Gasteiger partial charge in [0.25, 0.3) is 0 Å². The Morgan fingerprint density at radius 3 is 1.15 bits per heavy atom. The second-order valence-corrected chi connectivity index (χ2v) is 38.8. The van der Waals surface area contributed by atoms with E-state index in [2.05, 4.69) is 193 Å². The molecule has 31 heteroatoms. The van der Waals surface area contributed by atoms with Crippen molar-refractivity contribution in [1.82, 2.24) is 69.3 Å². The fraction of sp³-hybridized carbons (Fsp3) is 0.447. The number of rotatable bonds is 13. The van der Waals surface area contributed by atoms with Gasteiger partial charge in [-0.05, 0) is 201 Å². The van der Waals surface area contributed by atoms with Crippen LogP contribution in [0, 0.1) is 0 Å². The van der Waals surface area contributed by atoms with E-state index in [0.717, 1.165) is 110 Å². The van der Waals surface area contributed by atoms with E-state index in [0.29, 0.717) is 54.6 Å². The van der Waals surface area contributed by atoms with Crippen molar-refractivity contribution in [1.29, 1.82) is 0 Å². The van der Waals surface area contributed by atoms with Gasteiger partial charge in [-0.2, -0.15) is 20.4 Å². The number of carbonyl (C=O) groups is 2. The summed E-state index contributed by atoms with van der Waals surface area (Å²) in [5.41, 5.74) is 10.8. The average Bonchev–Trinajstić information content (AvgIpc) is 1.64. The number of fused-ring (bicyclic) bond motifs is 2. The highest BCUT2D eigenvalue weighted by molar-refractivity contribution is 9.10. The van der Waals surface area contributed by atoms with E-state index in [1.54, 1.807) is 34.6 Å². The highest BCUT2D eigenvalue weighted by atomic mass is 79.9. The van der Waals surface area contributed by atoms with Crippen LogP contribution in [0.4, 0.5) is 9.59 Å². The maximum atomic E-state index is 12.4. The molecule has 13 heterocycles. The second-order valence-electron chi connectivity index (χ2n) is 36.6. The quantitative estimate of drug-likeness (QED) is 0.0716. The molecule has 0 saturated carbocycles. The first-order chi connectivity index (χ1) is 58.1. The Morgan fingerprint density at radius 2 is 0.800 bits per heavy atom. The van der Waals surface area contributed by atoms with E-state index >= 15 is 0 Å². The predicted octanol–water partition coefficient (Wildman–Crippen LogP) is 20.4. The molecule has 0 radical (unpaired) electrons. The molecule has 12 aromatic rings. The van der Waals surface area contributed by atoms with E-state index in [4.69, 9.17) is 60.6 Å². The summed E-state index contributed by atoms with van der Waals surface area (Å²) in [4.78, 5) is 43.9. The zero-order valence-electron chi connectivity index (χ0n) is 73.9. The molecule has 17 rings (SSSR count). The first-order valence-corrected chi connectivity index (χ1v) is 44.6. The van der Waals surface area contributed by atoms with Crippen LogP contribution in [0.1, 0.15) is 211 Å². The largest absolute Gasteiger partial charge is 0.498 e. The van der Waals surface area contributed by atoms with Crippen molar-refractivity contribution in [3.8, 4) is 11.1 Å². The van der Waals surface area contributed by atoms with Crippen molar-refractivity contribution in [2.45, 2.75) is 247 Å². The Morgan fingerprint density at radius 1 is 0.464 bits per heavy atom. The van der Waals surface area contributed by atoms with Gasteiger partial charge in [-0.15, -0.1) is 0 Å². The summed E-state index contributed by atoms with van der Waals surface area (Å²) in [5.74, 6) is 0.693. The molecule has 4 aromatic carbocycles. The number of aromatic nitrogens is 12. The molecule has 0 bridgehead atoms. The Bertz CT molecular complexity index is 5270. The van der Waals surface area contributed by atoms with Crippen molar-refractivity contribution in [3.05, 3.63) is 244 Å². The minimum absolute atomic E-state index is 0. The summed E-state index contributed by atoms with van der Waals surface area (Å²) in [7, 11) is -1.00. The van der Waals surface area contributed by atoms with Crippen LogP contribution in [0.2, 0.25) is 10.0 Å². The first kappa shape index (κ1) is 98.3. The molecule has 3 N–H and O–H groups in total. The highest BCUT2D eigenvalue weighted by Gasteiger charge is 2.54. The van der Waals surface area contributed by atoms with Crippen LogP contribution in [0.5, 0.6) is 0 Å². The third-order valence-corrected chi connectivity index (χ3v) is 25.6. The molecule has 5 fully saturated rings. The van der Waals surface area contributed by atoms with Gasteiger partial charge >= 0.3 is 33.5 Å². The molecular weight excluding hydrogens is 1750 g/mol. The van der Waals surface area contributed by atoms with Gasteiger partial charge in [0, 0.05) is 153 Å². The number of nitrogens with zero attached hydrogens (tertiary/aromatic N) is 11. The van der Waals surface area contributed by atoms with Crippen molar-refractivity contribution < 1.29 is 47.0 Å². The Balaban J connectivity index is 0.000000163. The monoisotopic (exact) mass is 1870 g/mol. The molecule has 5 aliphatic heterocycles. The van der Waals surface area contributed by atoms with E-state index in [1.807, 2.05) is 193 Å². The van der Waals surface area contributed by atoms with Gasteiger partial charge in [0.15, 0.2) is 0 Å². The van der Waals surface area contributed by atoms with Crippen LogP contribution in [0.25, 0.3) is 33.2 Å². The topological polar surface area (TPSA) is 254 Å². The zero-order valence-corrected chi connectivity index (χ0v) is 78.5.